The van der Waals surface area contributed by atoms with Crippen LogP contribution in [0.25, 0.3) is 97.9 Å². The number of aromatic nitrogens is 4. The van der Waals surface area contributed by atoms with Crippen molar-refractivity contribution in [3.63, 3.8) is 0 Å². The third-order valence-electron chi connectivity index (χ3n) is 10.1. The lowest BCUT2D eigenvalue weighted by Crippen LogP contribution is -2.02. The Morgan fingerprint density at radius 3 is 1.92 bits per heavy atom. The van der Waals surface area contributed by atoms with E-state index in [2.05, 4.69) is 179 Å². The maximum absolute atomic E-state index is 5.46. The fourth-order valence-corrected chi connectivity index (χ4v) is 9.12. The van der Waals surface area contributed by atoms with E-state index in [9.17, 15) is 0 Å². The molecule has 0 radical (unpaired) electrons. The van der Waals surface area contributed by atoms with E-state index in [1.54, 1.807) is 0 Å². The standard InChI is InChI=1S/C46H28N4S/c1-3-14-29(15-4-1)36-28-42(48-46(47-36)35-21-13-25-41-43(35)34-20-9-12-24-40(34)51-41)50-38-23-11-8-19-33(38)44-39(50)27-26-32-31-18-7-10-22-37(31)49(45(32)44)30-16-5-2-6-17-30/h1-28H. The highest BCUT2D eigenvalue weighted by molar-refractivity contribution is 7.25. The summed E-state index contributed by atoms with van der Waals surface area (Å²) in [5, 5.41) is 7.29. The Hall–Kier alpha value is -6.56. The molecule has 0 aliphatic heterocycles. The van der Waals surface area contributed by atoms with E-state index >= 15 is 0 Å². The van der Waals surface area contributed by atoms with E-state index in [0.29, 0.717) is 5.82 Å². The van der Waals surface area contributed by atoms with Crippen LogP contribution in [0, 0.1) is 0 Å². The summed E-state index contributed by atoms with van der Waals surface area (Å²) in [4.78, 5) is 10.8. The lowest BCUT2D eigenvalue weighted by Gasteiger charge is -2.13. The van der Waals surface area contributed by atoms with E-state index in [4.69, 9.17) is 9.97 Å². The first-order valence-electron chi connectivity index (χ1n) is 17.2. The molecule has 4 heterocycles. The van der Waals surface area contributed by atoms with Crippen LogP contribution in [0.15, 0.2) is 170 Å². The summed E-state index contributed by atoms with van der Waals surface area (Å²) in [5.74, 6) is 1.55. The van der Waals surface area contributed by atoms with Gasteiger partial charge in [-0.2, -0.15) is 0 Å². The van der Waals surface area contributed by atoms with Gasteiger partial charge in [0.15, 0.2) is 5.82 Å². The molecule has 5 heteroatoms. The van der Waals surface area contributed by atoms with Crippen molar-refractivity contribution in [2.24, 2.45) is 0 Å². The zero-order chi connectivity index (χ0) is 33.5. The number of nitrogens with zero attached hydrogens (tertiary/aromatic N) is 4. The first-order valence-corrected chi connectivity index (χ1v) is 18.0. The molecule has 0 unspecified atom stereocenters. The molecule has 0 N–H and O–H groups in total. The molecule has 0 bridgehead atoms. The van der Waals surface area contributed by atoms with Crippen LogP contribution < -0.4 is 0 Å². The molecule has 0 saturated heterocycles. The van der Waals surface area contributed by atoms with Crippen LogP contribution in [-0.2, 0) is 0 Å². The normalized spacial score (nSPS) is 11.9. The highest BCUT2D eigenvalue weighted by atomic mass is 32.1. The molecular weight excluding hydrogens is 641 g/mol. The van der Waals surface area contributed by atoms with Gasteiger partial charge in [-0.3, -0.25) is 4.57 Å². The molecule has 4 aromatic heterocycles. The monoisotopic (exact) mass is 668 g/mol. The highest BCUT2D eigenvalue weighted by Crippen LogP contribution is 2.43. The third kappa shape index (κ3) is 4.19. The van der Waals surface area contributed by atoms with Gasteiger partial charge in [0.25, 0.3) is 0 Å². The van der Waals surface area contributed by atoms with Crippen LogP contribution in [0.1, 0.15) is 0 Å². The highest BCUT2D eigenvalue weighted by Gasteiger charge is 2.22. The second-order valence-electron chi connectivity index (χ2n) is 13.0. The zero-order valence-corrected chi connectivity index (χ0v) is 28.2. The van der Waals surface area contributed by atoms with Crippen molar-refractivity contribution in [3.05, 3.63) is 170 Å². The van der Waals surface area contributed by atoms with Crippen LogP contribution in [0.5, 0.6) is 0 Å². The molecule has 11 rings (SSSR count). The van der Waals surface area contributed by atoms with Gasteiger partial charge in [0.2, 0.25) is 0 Å². The second kappa shape index (κ2) is 11.0. The molecule has 238 valence electrons. The minimum atomic E-state index is 0.714. The fourth-order valence-electron chi connectivity index (χ4n) is 7.99. The van der Waals surface area contributed by atoms with Crippen molar-refractivity contribution >= 4 is 75.1 Å². The number of thiophene rings is 1. The van der Waals surface area contributed by atoms with Gasteiger partial charge in [0.1, 0.15) is 5.82 Å². The van der Waals surface area contributed by atoms with Gasteiger partial charge in [-0.05, 0) is 42.5 Å². The third-order valence-corrected chi connectivity index (χ3v) is 11.3. The van der Waals surface area contributed by atoms with Crippen LogP contribution in [0.2, 0.25) is 0 Å². The molecule has 51 heavy (non-hydrogen) atoms. The van der Waals surface area contributed by atoms with Gasteiger partial charge >= 0.3 is 0 Å². The van der Waals surface area contributed by atoms with Crippen molar-refractivity contribution in [2.75, 3.05) is 0 Å². The Bertz CT molecular complexity index is 3130. The summed E-state index contributed by atoms with van der Waals surface area (Å²) < 4.78 is 7.25. The van der Waals surface area contributed by atoms with Crippen LogP contribution in [-0.4, -0.2) is 19.1 Å². The lowest BCUT2D eigenvalue weighted by molar-refractivity contribution is 1.05. The average Bonchev–Trinajstić information content (AvgIpc) is 3.86. The Morgan fingerprint density at radius 1 is 0.431 bits per heavy atom. The summed E-state index contributed by atoms with van der Waals surface area (Å²) in [6.07, 6.45) is 0. The van der Waals surface area contributed by atoms with Crippen molar-refractivity contribution in [1.29, 1.82) is 0 Å². The van der Waals surface area contributed by atoms with E-state index in [1.165, 1.54) is 52.8 Å². The van der Waals surface area contributed by atoms with Gasteiger partial charge in [-0.1, -0.05) is 121 Å². The predicted octanol–water partition coefficient (Wildman–Crippen LogP) is 12.4. The zero-order valence-electron chi connectivity index (χ0n) is 27.4. The largest absolute Gasteiger partial charge is 0.309 e. The molecule has 0 spiro atoms. The van der Waals surface area contributed by atoms with E-state index in [1.807, 2.05) is 11.3 Å². The van der Waals surface area contributed by atoms with Gasteiger partial charge in [0, 0.05) is 64.6 Å². The molecule has 0 aliphatic carbocycles. The molecule has 0 atom stereocenters. The summed E-state index contributed by atoms with van der Waals surface area (Å²) in [5.41, 5.74) is 8.71. The molecule has 4 nitrogen and oxygen atoms in total. The summed E-state index contributed by atoms with van der Waals surface area (Å²) in [6.45, 7) is 0. The van der Waals surface area contributed by atoms with Crippen molar-refractivity contribution in [1.82, 2.24) is 19.1 Å². The quantitative estimate of drug-likeness (QED) is 0.187. The SMILES string of the molecule is c1ccc(-c2cc(-n3c4ccccc4c4c3ccc3c5ccccc5n(-c5ccccc5)c34)nc(-c3cccc4sc5ccccc5c34)n2)cc1. The molecule has 0 fully saturated rings. The molecule has 11 aromatic rings. The fraction of sp³-hybridized carbons (Fsp3) is 0. The van der Waals surface area contributed by atoms with E-state index in [-0.39, 0.29) is 0 Å². The second-order valence-corrected chi connectivity index (χ2v) is 14.1. The van der Waals surface area contributed by atoms with E-state index < -0.39 is 0 Å². The van der Waals surface area contributed by atoms with E-state index in [0.717, 1.165) is 39.4 Å². The Kier molecular flexibility index (Phi) is 6.09. The molecule has 0 aliphatic rings. The number of benzene rings is 7. The number of hydrogen-bond acceptors (Lipinski definition) is 3. The minimum Gasteiger partial charge on any atom is -0.309 e. The average molecular weight is 669 g/mol. The van der Waals surface area contributed by atoms with Crippen LogP contribution in [0.4, 0.5) is 0 Å². The first-order chi connectivity index (χ1) is 25.3. The lowest BCUT2D eigenvalue weighted by atomic mass is 10.1. The summed E-state index contributed by atoms with van der Waals surface area (Å²) in [6, 6.07) is 60.5. The smallest absolute Gasteiger partial charge is 0.162 e. The Balaban J connectivity index is 1.27. The molecule has 0 saturated carbocycles. The summed E-state index contributed by atoms with van der Waals surface area (Å²) in [7, 11) is 0. The maximum atomic E-state index is 5.46. The minimum absolute atomic E-state index is 0.714. The van der Waals surface area contributed by atoms with Crippen molar-refractivity contribution in [2.45, 2.75) is 0 Å². The van der Waals surface area contributed by atoms with Gasteiger partial charge in [-0.15, -0.1) is 11.3 Å². The van der Waals surface area contributed by atoms with Crippen molar-refractivity contribution in [3.8, 4) is 34.2 Å². The predicted molar refractivity (Wildman–Crippen MR) is 214 cm³/mol. The first kappa shape index (κ1) is 28.3. The topological polar surface area (TPSA) is 35.6 Å². The van der Waals surface area contributed by atoms with Gasteiger partial charge in [-0.25, -0.2) is 9.97 Å². The number of para-hydroxylation sites is 3. The van der Waals surface area contributed by atoms with Gasteiger partial charge < -0.3 is 4.57 Å². The number of rotatable bonds is 4. The summed E-state index contributed by atoms with van der Waals surface area (Å²) >= 11 is 1.82. The molecular formula is C46H28N4S. The molecule has 0 amide bonds. The number of hydrogen-bond donors (Lipinski definition) is 0. The van der Waals surface area contributed by atoms with Crippen LogP contribution in [0.3, 0.4) is 0 Å². The molecule has 7 aromatic carbocycles. The number of fused-ring (bicyclic) bond motifs is 10. The van der Waals surface area contributed by atoms with Crippen LogP contribution >= 0.6 is 11.3 Å². The maximum Gasteiger partial charge on any atom is 0.162 e. The van der Waals surface area contributed by atoms with Crippen molar-refractivity contribution < 1.29 is 0 Å². The Morgan fingerprint density at radius 2 is 1.10 bits per heavy atom. The Labute approximate surface area is 297 Å². The van der Waals surface area contributed by atoms with Gasteiger partial charge in [0.05, 0.1) is 27.8 Å².